The molecule has 4 rings (SSSR count). The van der Waals surface area contributed by atoms with E-state index in [0.29, 0.717) is 23.0 Å². The van der Waals surface area contributed by atoms with Crippen molar-refractivity contribution in [1.82, 2.24) is 0 Å². The molecule has 1 aliphatic rings. The third-order valence-corrected chi connectivity index (χ3v) is 7.98. The van der Waals surface area contributed by atoms with Crippen molar-refractivity contribution in [2.75, 3.05) is 15.7 Å². The van der Waals surface area contributed by atoms with Gasteiger partial charge < -0.3 is 4.90 Å². The van der Waals surface area contributed by atoms with Crippen molar-refractivity contribution in [2.45, 2.75) is 24.3 Å². The maximum Gasteiger partial charge on any atom is 0.270 e. The average molecular weight is 504 g/mol. The molecule has 1 aliphatic heterocycles. The van der Waals surface area contributed by atoms with Crippen LogP contribution in [0.25, 0.3) is 0 Å². The summed E-state index contributed by atoms with van der Waals surface area (Å²) in [6.45, 7) is 1.68. The predicted molar refractivity (Wildman–Crippen MR) is 126 cm³/mol. The summed E-state index contributed by atoms with van der Waals surface area (Å²) in [5, 5.41) is 11.0. The summed E-state index contributed by atoms with van der Waals surface area (Å²) in [6.07, 6.45) is 0.595. The van der Waals surface area contributed by atoms with Gasteiger partial charge in [-0.2, -0.15) is 0 Å². The van der Waals surface area contributed by atoms with Crippen molar-refractivity contribution < 1.29 is 22.5 Å². The van der Waals surface area contributed by atoms with Gasteiger partial charge in [0.25, 0.3) is 21.6 Å². The molecule has 0 radical (unpaired) electrons. The number of non-ortho nitro benzene ring substituents is 1. The van der Waals surface area contributed by atoms with Gasteiger partial charge in [-0.1, -0.05) is 41.9 Å². The summed E-state index contributed by atoms with van der Waals surface area (Å²) < 4.78 is 43.0. The number of nitrogens with zero attached hydrogens (tertiary/aromatic N) is 3. The molecule has 3 aromatic rings. The molecule has 0 saturated carbocycles. The number of anilines is 2. The second-order valence-corrected chi connectivity index (χ2v) is 9.86. The zero-order valence-corrected chi connectivity index (χ0v) is 19.5. The number of hydrogen-bond donors (Lipinski definition) is 0. The van der Waals surface area contributed by atoms with E-state index >= 15 is 0 Å². The van der Waals surface area contributed by atoms with Gasteiger partial charge in [0.15, 0.2) is 0 Å². The highest BCUT2D eigenvalue weighted by molar-refractivity contribution is 7.93. The fourth-order valence-electron chi connectivity index (χ4n) is 3.98. The van der Waals surface area contributed by atoms with Gasteiger partial charge in [0.05, 0.1) is 15.6 Å². The molecule has 1 heterocycles. The first-order valence-corrected chi connectivity index (χ1v) is 12.1. The molecule has 8 nitrogen and oxygen atoms in total. The minimum atomic E-state index is -4.71. The third-order valence-electron chi connectivity index (χ3n) is 5.61. The molecule has 0 aliphatic carbocycles. The summed E-state index contributed by atoms with van der Waals surface area (Å²) in [7, 11) is -4.71. The molecule has 11 heteroatoms. The highest BCUT2D eigenvalue weighted by Crippen LogP contribution is 2.35. The Balaban J connectivity index is 1.85. The van der Waals surface area contributed by atoms with Crippen LogP contribution in [0.4, 0.5) is 21.5 Å². The number of halogens is 2. The van der Waals surface area contributed by atoms with E-state index in [0.717, 1.165) is 29.8 Å². The summed E-state index contributed by atoms with van der Waals surface area (Å²) in [5.41, 5.74) is 0.700. The molecule has 0 spiro atoms. The Morgan fingerprint density at radius 2 is 1.82 bits per heavy atom. The number of carbonyl (C=O) groups is 1. The highest BCUT2D eigenvalue weighted by Gasteiger charge is 2.39. The lowest BCUT2D eigenvalue weighted by Gasteiger charge is -2.32. The van der Waals surface area contributed by atoms with E-state index in [-0.39, 0.29) is 10.7 Å². The zero-order valence-electron chi connectivity index (χ0n) is 17.9. The Morgan fingerprint density at radius 3 is 2.53 bits per heavy atom. The minimum absolute atomic E-state index is 0.293. The Morgan fingerprint density at radius 1 is 1.15 bits per heavy atom. The molecule has 34 heavy (non-hydrogen) atoms. The number of sulfonamides is 1. The number of amides is 1. The molecule has 0 bridgehead atoms. The van der Waals surface area contributed by atoms with Gasteiger partial charge in [-0.25, -0.2) is 12.8 Å². The van der Waals surface area contributed by atoms with Crippen molar-refractivity contribution in [1.29, 1.82) is 0 Å². The fourth-order valence-corrected chi connectivity index (χ4v) is 6.10. The van der Waals surface area contributed by atoms with Crippen LogP contribution in [0.5, 0.6) is 0 Å². The smallest absolute Gasteiger partial charge is 0.270 e. The molecule has 0 N–H and O–H groups in total. The van der Waals surface area contributed by atoms with Gasteiger partial charge in [-0.05, 0) is 43.2 Å². The van der Waals surface area contributed by atoms with Crippen molar-refractivity contribution in [3.63, 3.8) is 0 Å². The van der Waals surface area contributed by atoms with Crippen LogP contribution in [-0.4, -0.2) is 31.8 Å². The second kappa shape index (κ2) is 9.03. The first-order valence-electron chi connectivity index (χ1n) is 10.2. The Hall–Kier alpha value is -3.50. The average Bonchev–Trinajstić information content (AvgIpc) is 3.24. The van der Waals surface area contributed by atoms with Crippen molar-refractivity contribution in [2.24, 2.45) is 0 Å². The summed E-state index contributed by atoms with van der Waals surface area (Å²) in [5.74, 6) is -1.45. The fraction of sp³-hybridized carbons (Fsp3) is 0.174. The van der Waals surface area contributed by atoms with Crippen LogP contribution in [-0.2, 0) is 21.2 Å². The van der Waals surface area contributed by atoms with E-state index < -0.39 is 43.3 Å². The van der Waals surface area contributed by atoms with Crippen molar-refractivity contribution >= 4 is 44.6 Å². The van der Waals surface area contributed by atoms with Crippen LogP contribution in [0.3, 0.4) is 0 Å². The van der Waals surface area contributed by atoms with E-state index in [9.17, 15) is 27.7 Å². The number of nitro groups is 1. The molecular formula is C23H19ClFN3O5S. The quantitative estimate of drug-likeness (QED) is 0.362. The molecule has 1 amide bonds. The van der Waals surface area contributed by atoms with E-state index in [1.807, 2.05) is 12.1 Å². The lowest BCUT2D eigenvalue weighted by molar-refractivity contribution is -0.385. The number of benzene rings is 3. The van der Waals surface area contributed by atoms with Gasteiger partial charge >= 0.3 is 0 Å². The molecule has 0 unspecified atom stereocenters. The number of rotatable bonds is 6. The van der Waals surface area contributed by atoms with Crippen LogP contribution in [0.15, 0.2) is 71.6 Å². The van der Waals surface area contributed by atoms with Gasteiger partial charge in [-0.3, -0.25) is 19.2 Å². The molecule has 0 aromatic heterocycles. The van der Waals surface area contributed by atoms with Gasteiger partial charge in [0, 0.05) is 24.4 Å². The topological polar surface area (TPSA) is 101 Å². The largest absolute Gasteiger partial charge is 0.310 e. The van der Waals surface area contributed by atoms with E-state index in [2.05, 4.69) is 0 Å². The number of hydrogen-bond acceptors (Lipinski definition) is 5. The van der Waals surface area contributed by atoms with E-state index in [1.165, 1.54) is 30.0 Å². The molecule has 0 saturated heterocycles. The minimum Gasteiger partial charge on any atom is -0.310 e. The Labute approximate surface area is 200 Å². The van der Waals surface area contributed by atoms with E-state index in [4.69, 9.17) is 11.6 Å². The number of para-hydroxylation sites is 2. The third kappa shape index (κ3) is 4.10. The lowest BCUT2D eigenvalue weighted by Crippen LogP contribution is -2.50. The summed E-state index contributed by atoms with van der Waals surface area (Å²) in [4.78, 5) is 24.9. The molecule has 176 valence electrons. The number of carbonyl (C=O) groups excluding carboxylic acids is 1. The SMILES string of the molecule is C[C@@H](C(=O)N1CCc2ccccc21)N(c1ccccc1F)S(=O)(=O)c1cc([N+](=O)[O-])ccc1Cl. The first-order chi connectivity index (χ1) is 16.1. The predicted octanol–water partition coefficient (Wildman–Crippen LogP) is 4.56. The Bertz CT molecular complexity index is 1400. The van der Waals surface area contributed by atoms with Gasteiger partial charge in [0.1, 0.15) is 16.8 Å². The molecular weight excluding hydrogens is 485 g/mol. The van der Waals surface area contributed by atoms with Crippen LogP contribution in [0, 0.1) is 15.9 Å². The van der Waals surface area contributed by atoms with Crippen LogP contribution >= 0.6 is 11.6 Å². The summed E-state index contributed by atoms with van der Waals surface area (Å²) in [6, 6.07) is 13.9. The van der Waals surface area contributed by atoms with Crippen molar-refractivity contribution in [3.8, 4) is 0 Å². The van der Waals surface area contributed by atoms with Crippen LogP contribution in [0.1, 0.15) is 12.5 Å². The normalized spacial score (nSPS) is 13.9. The maximum atomic E-state index is 14.9. The van der Waals surface area contributed by atoms with Crippen molar-refractivity contribution in [3.05, 3.63) is 93.2 Å². The zero-order chi connectivity index (χ0) is 24.6. The van der Waals surface area contributed by atoms with Crippen LogP contribution in [0.2, 0.25) is 5.02 Å². The monoisotopic (exact) mass is 503 g/mol. The second-order valence-electron chi connectivity index (χ2n) is 7.67. The van der Waals surface area contributed by atoms with Gasteiger partial charge in [0.2, 0.25) is 0 Å². The molecule has 3 aromatic carbocycles. The maximum absolute atomic E-state index is 14.9. The summed E-state index contributed by atoms with van der Waals surface area (Å²) >= 11 is 6.12. The molecule has 1 atom stereocenters. The van der Waals surface area contributed by atoms with E-state index in [1.54, 1.807) is 12.1 Å². The lowest BCUT2D eigenvalue weighted by atomic mass is 10.2. The first kappa shape index (κ1) is 23.7. The number of nitro benzene ring substituents is 1. The number of fused-ring (bicyclic) bond motifs is 1. The van der Waals surface area contributed by atoms with Gasteiger partial charge in [-0.15, -0.1) is 0 Å². The van der Waals surface area contributed by atoms with Crippen LogP contribution < -0.4 is 9.21 Å². The highest BCUT2D eigenvalue weighted by atomic mass is 35.5. The Kier molecular flexibility index (Phi) is 6.28. The standard InChI is InChI=1S/C23H19ClFN3O5S/c1-15(23(29)26-13-12-16-6-2-4-8-20(16)26)27(21-9-5-3-7-19(21)25)34(32,33)22-14-17(28(30)31)10-11-18(22)24/h2-11,14-15H,12-13H2,1H3/t15-/m0/s1. The molecule has 0 fully saturated rings.